The number of fused-ring (bicyclic) bond motifs is 1. The topological polar surface area (TPSA) is 38.3 Å². The average molecular weight is 273 g/mol. The summed E-state index contributed by atoms with van der Waals surface area (Å²) in [4.78, 5) is 12.7. The van der Waals surface area contributed by atoms with Crippen LogP contribution in [0.2, 0.25) is 0 Å². The van der Waals surface area contributed by atoms with Crippen molar-refractivity contribution in [3.8, 4) is 0 Å². The molecule has 3 heteroatoms. The number of carbonyl (C=O) groups is 1. The summed E-state index contributed by atoms with van der Waals surface area (Å²) in [6.07, 6.45) is 6.41. The molecule has 1 amide bonds. The van der Waals surface area contributed by atoms with Gasteiger partial charge in [0, 0.05) is 7.11 Å². The minimum Gasteiger partial charge on any atom is -0.382 e. The summed E-state index contributed by atoms with van der Waals surface area (Å²) in [5.74, 6) is 0.217. The summed E-state index contributed by atoms with van der Waals surface area (Å²) in [6, 6.07) is 8.33. The quantitative estimate of drug-likeness (QED) is 0.916. The van der Waals surface area contributed by atoms with E-state index in [9.17, 15) is 4.79 Å². The van der Waals surface area contributed by atoms with Gasteiger partial charge < -0.3 is 10.1 Å². The normalized spacial score (nSPS) is 23.6. The molecule has 1 aromatic carbocycles. The zero-order valence-corrected chi connectivity index (χ0v) is 12.2. The molecule has 0 heterocycles. The van der Waals surface area contributed by atoms with E-state index in [0.29, 0.717) is 6.61 Å². The summed E-state index contributed by atoms with van der Waals surface area (Å²) in [5.41, 5.74) is 2.43. The van der Waals surface area contributed by atoms with Gasteiger partial charge in [0.05, 0.1) is 18.1 Å². The van der Waals surface area contributed by atoms with Crippen LogP contribution in [-0.2, 0) is 16.0 Å². The van der Waals surface area contributed by atoms with Crippen LogP contribution in [0.25, 0.3) is 0 Å². The molecule has 1 atom stereocenters. The SMILES string of the molecule is COCC1(NC(=O)[C@H]2CCc3ccccc32)CCCC1. The second kappa shape index (κ2) is 5.57. The van der Waals surface area contributed by atoms with Gasteiger partial charge in [-0.2, -0.15) is 0 Å². The molecule has 2 aliphatic rings. The van der Waals surface area contributed by atoms with Crippen molar-refractivity contribution in [1.29, 1.82) is 0 Å². The Balaban J connectivity index is 1.74. The summed E-state index contributed by atoms with van der Waals surface area (Å²) >= 11 is 0. The highest BCUT2D eigenvalue weighted by molar-refractivity contribution is 5.85. The van der Waals surface area contributed by atoms with Crippen LogP contribution in [0.5, 0.6) is 0 Å². The van der Waals surface area contributed by atoms with Crippen molar-refractivity contribution >= 4 is 5.91 Å². The Kier molecular flexibility index (Phi) is 3.79. The first-order valence-electron chi connectivity index (χ1n) is 7.63. The largest absolute Gasteiger partial charge is 0.382 e. The molecule has 1 fully saturated rings. The molecule has 3 nitrogen and oxygen atoms in total. The molecule has 1 N–H and O–H groups in total. The predicted molar refractivity (Wildman–Crippen MR) is 78.7 cm³/mol. The van der Waals surface area contributed by atoms with Crippen LogP contribution < -0.4 is 5.32 Å². The van der Waals surface area contributed by atoms with Crippen molar-refractivity contribution in [1.82, 2.24) is 5.32 Å². The molecule has 0 saturated heterocycles. The van der Waals surface area contributed by atoms with Gasteiger partial charge in [-0.3, -0.25) is 4.79 Å². The lowest BCUT2D eigenvalue weighted by atomic mass is 9.95. The van der Waals surface area contributed by atoms with E-state index in [4.69, 9.17) is 4.74 Å². The molecule has 3 rings (SSSR count). The molecule has 0 aliphatic heterocycles. The Morgan fingerprint density at radius 3 is 2.85 bits per heavy atom. The van der Waals surface area contributed by atoms with E-state index in [-0.39, 0.29) is 17.4 Å². The van der Waals surface area contributed by atoms with Gasteiger partial charge in [-0.1, -0.05) is 37.1 Å². The van der Waals surface area contributed by atoms with Crippen LogP contribution in [-0.4, -0.2) is 25.2 Å². The van der Waals surface area contributed by atoms with Crippen LogP contribution in [0.3, 0.4) is 0 Å². The van der Waals surface area contributed by atoms with E-state index in [1.165, 1.54) is 24.0 Å². The highest BCUT2D eigenvalue weighted by Gasteiger charge is 2.38. The van der Waals surface area contributed by atoms with E-state index >= 15 is 0 Å². The van der Waals surface area contributed by atoms with Crippen molar-refractivity contribution < 1.29 is 9.53 Å². The van der Waals surface area contributed by atoms with Crippen molar-refractivity contribution in [2.45, 2.75) is 50.0 Å². The van der Waals surface area contributed by atoms with Crippen molar-refractivity contribution in [2.75, 3.05) is 13.7 Å². The number of hydrogen-bond donors (Lipinski definition) is 1. The van der Waals surface area contributed by atoms with Gasteiger partial charge in [0.2, 0.25) is 5.91 Å². The van der Waals surface area contributed by atoms with Gasteiger partial charge in [-0.25, -0.2) is 0 Å². The average Bonchev–Trinajstić information content (AvgIpc) is 3.06. The van der Waals surface area contributed by atoms with Crippen LogP contribution in [0.1, 0.15) is 49.1 Å². The maximum absolute atomic E-state index is 12.7. The number of aryl methyl sites for hydroxylation is 1. The van der Waals surface area contributed by atoms with Crippen molar-refractivity contribution in [3.63, 3.8) is 0 Å². The van der Waals surface area contributed by atoms with Crippen LogP contribution in [0.4, 0.5) is 0 Å². The first-order chi connectivity index (χ1) is 9.74. The second-order valence-corrected chi connectivity index (χ2v) is 6.20. The first kappa shape index (κ1) is 13.6. The van der Waals surface area contributed by atoms with Gasteiger partial charge in [-0.05, 0) is 36.8 Å². The standard InChI is InChI=1S/C17H23NO2/c1-20-12-17(10-4-5-11-17)18-16(19)15-9-8-13-6-2-3-7-14(13)15/h2-3,6-7,15H,4-5,8-12H2,1H3,(H,18,19)/t15-/m0/s1. The van der Waals surface area contributed by atoms with Gasteiger partial charge in [-0.15, -0.1) is 0 Å². The maximum Gasteiger partial charge on any atom is 0.228 e. The zero-order valence-electron chi connectivity index (χ0n) is 12.2. The minimum absolute atomic E-state index is 0.0283. The Morgan fingerprint density at radius 2 is 2.10 bits per heavy atom. The Hall–Kier alpha value is -1.35. The molecule has 0 spiro atoms. The molecule has 20 heavy (non-hydrogen) atoms. The number of carbonyl (C=O) groups excluding carboxylic acids is 1. The zero-order chi connectivity index (χ0) is 14.0. The smallest absolute Gasteiger partial charge is 0.228 e. The third-order valence-electron chi connectivity index (χ3n) is 4.82. The Morgan fingerprint density at radius 1 is 1.35 bits per heavy atom. The summed E-state index contributed by atoms with van der Waals surface area (Å²) in [5, 5.41) is 3.31. The number of rotatable bonds is 4. The van der Waals surface area contributed by atoms with Crippen molar-refractivity contribution in [3.05, 3.63) is 35.4 Å². The fourth-order valence-electron chi connectivity index (χ4n) is 3.81. The van der Waals surface area contributed by atoms with Crippen LogP contribution in [0, 0.1) is 0 Å². The van der Waals surface area contributed by atoms with Gasteiger partial charge in [0.1, 0.15) is 0 Å². The third-order valence-corrected chi connectivity index (χ3v) is 4.82. The highest BCUT2D eigenvalue weighted by Crippen LogP contribution is 2.35. The third kappa shape index (κ3) is 2.47. The highest BCUT2D eigenvalue weighted by atomic mass is 16.5. The predicted octanol–water partition coefficient (Wildman–Crippen LogP) is 2.79. The van der Waals surface area contributed by atoms with Gasteiger partial charge in [0.25, 0.3) is 0 Å². The second-order valence-electron chi connectivity index (χ2n) is 6.20. The maximum atomic E-state index is 12.7. The fraction of sp³-hybridized carbons (Fsp3) is 0.588. The van der Waals surface area contributed by atoms with Crippen molar-refractivity contribution in [2.24, 2.45) is 0 Å². The van der Waals surface area contributed by atoms with Gasteiger partial charge >= 0.3 is 0 Å². The summed E-state index contributed by atoms with van der Waals surface area (Å²) in [6.45, 7) is 0.632. The van der Waals surface area contributed by atoms with Gasteiger partial charge in [0.15, 0.2) is 0 Å². The number of amides is 1. The summed E-state index contributed by atoms with van der Waals surface area (Å²) in [7, 11) is 1.72. The lowest BCUT2D eigenvalue weighted by molar-refractivity contribution is -0.125. The molecule has 0 bridgehead atoms. The molecular formula is C17H23NO2. The molecule has 0 aromatic heterocycles. The number of methoxy groups -OCH3 is 1. The Labute approximate surface area is 120 Å². The number of benzene rings is 1. The number of nitrogens with one attached hydrogen (secondary N) is 1. The first-order valence-corrected chi connectivity index (χ1v) is 7.63. The van der Waals surface area contributed by atoms with Crippen LogP contribution >= 0.6 is 0 Å². The minimum atomic E-state index is -0.122. The van der Waals surface area contributed by atoms with E-state index in [2.05, 4.69) is 23.5 Å². The lowest BCUT2D eigenvalue weighted by Gasteiger charge is -2.31. The van der Waals surface area contributed by atoms with E-state index < -0.39 is 0 Å². The molecular weight excluding hydrogens is 250 g/mol. The van der Waals surface area contributed by atoms with E-state index in [1.807, 2.05) is 6.07 Å². The molecule has 0 unspecified atom stereocenters. The molecule has 1 saturated carbocycles. The fourth-order valence-corrected chi connectivity index (χ4v) is 3.81. The molecule has 108 valence electrons. The van der Waals surface area contributed by atoms with E-state index in [0.717, 1.165) is 25.7 Å². The number of ether oxygens (including phenoxy) is 1. The number of hydrogen-bond acceptors (Lipinski definition) is 2. The molecule has 2 aliphatic carbocycles. The Bertz CT molecular complexity index is 492. The summed E-state index contributed by atoms with van der Waals surface area (Å²) < 4.78 is 5.35. The molecule has 0 radical (unpaired) electrons. The monoisotopic (exact) mass is 273 g/mol. The van der Waals surface area contributed by atoms with Crippen LogP contribution in [0.15, 0.2) is 24.3 Å². The molecule has 1 aromatic rings. The lowest BCUT2D eigenvalue weighted by Crippen LogP contribution is -2.51. The van der Waals surface area contributed by atoms with E-state index in [1.54, 1.807) is 7.11 Å².